The average Bonchev–Trinajstić information content (AvgIpc) is 2.48. The van der Waals surface area contributed by atoms with E-state index in [0.29, 0.717) is 11.6 Å². The van der Waals surface area contributed by atoms with Crippen LogP contribution < -0.4 is 10.2 Å². The maximum atomic E-state index is 3.87. The molecule has 2 nitrogen and oxygen atoms in total. The summed E-state index contributed by atoms with van der Waals surface area (Å²) in [6.45, 7) is 9.01. The fourth-order valence-corrected chi connectivity index (χ4v) is 4.24. The summed E-state index contributed by atoms with van der Waals surface area (Å²) in [7, 11) is 0. The number of hydrogen-bond donors (Lipinski definition) is 1. The van der Waals surface area contributed by atoms with Gasteiger partial charge >= 0.3 is 0 Å². The second kappa shape index (κ2) is 5.92. The van der Waals surface area contributed by atoms with E-state index < -0.39 is 0 Å². The van der Waals surface area contributed by atoms with Gasteiger partial charge in [0.15, 0.2) is 0 Å². The molecule has 0 aromatic heterocycles. The van der Waals surface area contributed by atoms with E-state index in [0.717, 1.165) is 13.1 Å². The van der Waals surface area contributed by atoms with Crippen LogP contribution in [0.5, 0.6) is 0 Å². The molecule has 1 N–H and O–H groups in total. The fraction of sp³-hybridized carbons (Fsp3) is 0.667. The number of hydrogen-bond acceptors (Lipinski definition) is 2. The van der Waals surface area contributed by atoms with Crippen LogP contribution in [0.25, 0.3) is 0 Å². The van der Waals surface area contributed by atoms with Gasteiger partial charge in [-0.05, 0) is 56.9 Å². The van der Waals surface area contributed by atoms with Crippen molar-refractivity contribution in [2.45, 2.75) is 64.5 Å². The first-order chi connectivity index (χ1) is 10.0. The van der Waals surface area contributed by atoms with E-state index in [2.05, 4.69) is 59.1 Å². The molecule has 1 heterocycles. The highest BCUT2D eigenvalue weighted by Crippen LogP contribution is 2.35. The Morgan fingerprint density at radius 1 is 1.14 bits per heavy atom. The van der Waals surface area contributed by atoms with E-state index >= 15 is 0 Å². The molecule has 1 saturated heterocycles. The third-order valence-corrected chi connectivity index (χ3v) is 6.59. The van der Waals surface area contributed by atoms with Gasteiger partial charge in [0, 0.05) is 34.8 Å². The average molecular weight is 351 g/mol. The number of anilines is 1. The van der Waals surface area contributed by atoms with Gasteiger partial charge in [-0.1, -0.05) is 35.2 Å². The van der Waals surface area contributed by atoms with E-state index in [-0.39, 0.29) is 0 Å². The molecule has 0 amide bonds. The molecule has 2 aliphatic rings. The molecule has 1 unspecified atom stereocenters. The minimum Gasteiger partial charge on any atom is -0.366 e. The predicted octanol–water partition coefficient (Wildman–Crippen LogP) is 4.57. The van der Waals surface area contributed by atoms with Crippen molar-refractivity contribution in [3.63, 3.8) is 0 Å². The molecule has 1 aliphatic carbocycles. The number of aryl methyl sites for hydroxylation is 2. The molecule has 1 saturated carbocycles. The zero-order valence-electron chi connectivity index (χ0n) is 13.5. The van der Waals surface area contributed by atoms with Gasteiger partial charge in [-0.25, -0.2) is 0 Å². The van der Waals surface area contributed by atoms with E-state index in [4.69, 9.17) is 0 Å². The molecule has 1 spiro atoms. The lowest BCUT2D eigenvalue weighted by atomic mass is 9.79. The summed E-state index contributed by atoms with van der Waals surface area (Å²) < 4.78 is 1.25. The SMILES string of the molecule is Cc1cc(N2CC3(CCCCC3)NCC2C)cc(C)c1Br. The summed E-state index contributed by atoms with van der Waals surface area (Å²) in [5.41, 5.74) is 4.44. The Balaban J connectivity index is 1.89. The molecule has 116 valence electrons. The monoisotopic (exact) mass is 350 g/mol. The van der Waals surface area contributed by atoms with E-state index in [9.17, 15) is 0 Å². The van der Waals surface area contributed by atoms with Crippen LogP contribution in [0.2, 0.25) is 0 Å². The lowest BCUT2D eigenvalue weighted by Gasteiger charge is -2.50. The highest BCUT2D eigenvalue weighted by atomic mass is 79.9. The van der Waals surface area contributed by atoms with Gasteiger partial charge in [0.25, 0.3) is 0 Å². The normalized spacial score (nSPS) is 25.3. The molecule has 21 heavy (non-hydrogen) atoms. The van der Waals surface area contributed by atoms with Crippen LogP contribution in [0.4, 0.5) is 5.69 Å². The molecule has 1 aromatic carbocycles. The molecule has 1 atom stereocenters. The van der Waals surface area contributed by atoms with E-state index in [1.807, 2.05) is 0 Å². The smallest absolute Gasteiger partial charge is 0.0387 e. The number of halogens is 1. The first kappa shape index (κ1) is 15.4. The van der Waals surface area contributed by atoms with E-state index in [1.54, 1.807) is 0 Å². The Morgan fingerprint density at radius 3 is 2.38 bits per heavy atom. The summed E-state index contributed by atoms with van der Waals surface area (Å²) in [5.74, 6) is 0. The van der Waals surface area contributed by atoms with Gasteiger partial charge in [-0.15, -0.1) is 0 Å². The summed E-state index contributed by atoms with van der Waals surface area (Å²) in [5, 5.41) is 3.87. The number of benzene rings is 1. The van der Waals surface area contributed by atoms with Crippen LogP contribution in [0.15, 0.2) is 16.6 Å². The summed E-state index contributed by atoms with van der Waals surface area (Å²) >= 11 is 3.69. The van der Waals surface area contributed by atoms with Crippen molar-refractivity contribution in [1.82, 2.24) is 5.32 Å². The molecule has 3 heteroatoms. The van der Waals surface area contributed by atoms with Crippen LogP contribution in [0, 0.1) is 13.8 Å². The Kier molecular flexibility index (Phi) is 4.33. The fourth-order valence-electron chi connectivity index (χ4n) is 4.01. The van der Waals surface area contributed by atoms with Crippen LogP contribution in [-0.2, 0) is 0 Å². The highest BCUT2D eigenvalue weighted by Gasteiger charge is 2.38. The van der Waals surface area contributed by atoms with Crippen molar-refractivity contribution in [2.75, 3.05) is 18.0 Å². The second-order valence-electron chi connectivity index (χ2n) is 7.09. The Hall–Kier alpha value is -0.540. The van der Waals surface area contributed by atoms with Crippen LogP contribution in [0.3, 0.4) is 0 Å². The molecule has 0 radical (unpaired) electrons. The largest absolute Gasteiger partial charge is 0.366 e. The van der Waals surface area contributed by atoms with Crippen LogP contribution in [-0.4, -0.2) is 24.7 Å². The Bertz CT molecular complexity index is 497. The van der Waals surface area contributed by atoms with Crippen molar-refractivity contribution >= 4 is 21.6 Å². The number of piperazine rings is 1. The Labute approximate surface area is 137 Å². The topological polar surface area (TPSA) is 15.3 Å². The number of nitrogens with zero attached hydrogens (tertiary/aromatic N) is 1. The van der Waals surface area contributed by atoms with Crippen LogP contribution >= 0.6 is 15.9 Å². The maximum Gasteiger partial charge on any atom is 0.0387 e. The van der Waals surface area contributed by atoms with Gasteiger partial charge in [-0.3, -0.25) is 0 Å². The molecule has 2 fully saturated rings. The van der Waals surface area contributed by atoms with Gasteiger partial charge in [-0.2, -0.15) is 0 Å². The maximum absolute atomic E-state index is 3.87. The molecule has 3 rings (SSSR count). The molecule has 1 aromatic rings. The third kappa shape index (κ3) is 3.00. The minimum atomic E-state index is 0.361. The van der Waals surface area contributed by atoms with Crippen LogP contribution in [0.1, 0.15) is 50.2 Å². The van der Waals surface area contributed by atoms with E-state index in [1.165, 1.54) is 53.4 Å². The third-order valence-electron chi connectivity index (χ3n) is 5.34. The predicted molar refractivity (Wildman–Crippen MR) is 94.2 cm³/mol. The zero-order chi connectivity index (χ0) is 15.0. The second-order valence-corrected chi connectivity index (χ2v) is 7.89. The summed E-state index contributed by atoms with van der Waals surface area (Å²) in [6, 6.07) is 5.25. The highest BCUT2D eigenvalue weighted by molar-refractivity contribution is 9.10. The Morgan fingerprint density at radius 2 is 1.76 bits per heavy atom. The first-order valence-corrected chi connectivity index (χ1v) is 9.08. The molecule has 0 bridgehead atoms. The number of nitrogens with one attached hydrogen (secondary N) is 1. The minimum absolute atomic E-state index is 0.361. The van der Waals surface area contributed by atoms with Gasteiger partial charge < -0.3 is 10.2 Å². The standard InChI is InChI=1S/C18H27BrN2/c1-13-9-16(10-14(2)17(13)19)21-12-18(20-11-15(21)3)7-5-4-6-8-18/h9-10,15,20H,4-8,11-12H2,1-3H3. The molecule has 1 aliphatic heterocycles. The van der Waals surface area contributed by atoms with Crippen molar-refractivity contribution in [1.29, 1.82) is 0 Å². The lowest BCUT2D eigenvalue weighted by molar-refractivity contribution is 0.200. The number of rotatable bonds is 1. The quantitative estimate of drug-likeness (QED) is 0.798. The van der Waals surface area contributed by atoms with Gasteiger partial charge in [0.2, 0.25) is 0 Å². The van der Waals surface area contributed by atoms with Crippen molar-refractivity contribution in [3.05, 3.63) is 27.7 Å². The summed E-state index contributed by atoms with van der Waals surface area (Å²) in [6.07, 6.45) is 6.85. The molecular weight excluding hydrogens is 324 g/mol. The van der Waals surface area contributed by atoms with Gasteiger partial charge in [0.1, 0.15) is 0 Å². The first-order valence-electron chi connectivity index (χ1n) is 8.29. The van der Waals surface area contributed by atoms with Crippen molar-refractivity contribution in [3.8, 4) is 0 Å². The summed E-state index contributed by atoms with van der Waals surface area (Å²) in [4.78, 5) is 2.63. The lowest BCUT2D eigenvalue weighted by Crippen LogP contribution is -2.64. The van der Waals surface area contributed by atoms with Gasteiger partial charge in [0.05, 0.1) is 0 Å². The van der Waals surface area contributed by atoms with Crippen molar-refractivity contribution in [2.24, 2.45) is 0 Å². The zero-order valence-corrected chi connectivity index (χ0v) is 15.1. The van der Waals surface area contributed by atoms with Crippen molar-refractivity contribution < 1.29 is 0 Å². The molecular formula is C18H27BrN2.